The second-order valence-corrected chi connectivity index (χ2v) is 4.82. The maximum atomic E-state index is 5.63. The monoisotopic (exact) mass is 262 g/mol. The second kappa shape index (κ2) is 6.52. The summed E-state index contributed by atoms with van der Waals surface area (Å²) >= 11 is 1.66. The topological polar surface area (TPSA) is 48.1 Å². The zero-order chi connectivity index (χ0) is 12.8. The highest BCUT2D eigenvalue weighted by Gasteiger charge is 2.09. The predicted molar refractivity (Wildman–Crippen MR) is 76.1 cm³/mol. The Morgan fingerprint density at radius 2 is 2.17 bits per heavy atom. The number of thiazole rings is 1. The van der Waals surface area contributed by atoms with Crippen LogP contribution < -0.4 is 10.5 Å². The molecule has 0 atom stereocenters. The molecule has 0 unspecified atom stereocenters. The highest BCUT2D eigenvalue weighted by atomic mass is 32.1. The van der Waals surface area contributed by atoms with E-state index in [9.17, 15) is 0 Å². The first kappa shape index (κ1) is 13.1. The van der Waals surface area contributed by atoms with Gasteiger partial charge in [0.15, 0.2) is 0 Å². The van der Waals surface area contributed by atoms with Gasteiger partial charge >= 0.3 is 0 Å². The zero-order valence-corrected chi connectivity index (χ0v) is 11.4. The van der Waals surface area contributed by atoms with Crippen LogP contribution in [-0.2, 0) is 6.42 Å². The first-order valence-electron chi connectivity index (χ1n) is 6.21. The molecule has 1 heterocycles. The Morgan fingerprint density at radius 1 is 1.33 bits per heavy atom. The van der Waals surface area contributed by atoms with Gasteiger partial charge in [-0.05, 0) is 38.4 Å². The van der Waals surface area contributed by atoms with Gasteiger partial charge in [0.25, 0.3) is 0 Å². The summed E-state index contributed by atoms with van der Waals surface area (Å²) < 4.78 is 5.63. The van der Waals surface area contributed by atoms with E-state index in [1.54, 1.807) is 11.3 Å². The molecule has 2 N–H and O–H groups in total. The van der Waals surface area contributed by atoms with Crippen molar-refractivity contribution in [2.45, 2.75) is 19.8 Å². The van der Waals surface area contributed by atoms with Crippen molar-refractivity contribution in [2.24, 2.45) is 5.73 Å². The highest BCUT2D eigenvalue weighted by Crippen LogP contribution is 2.32. The maximum absolute atomic E-state index is 5.63. The molecule has 1 aromatic carbocycles. The quantitative estimate of drug-likeness (QED) is 0.870. The van der Waals surface area contributed by atoms with Gasteiger partial charge in [-0.15, -0.1) is 11.3 Å². The molecule has 0 aliphatic heterocycles. The van der Waals surface area contributed by atoms with Crippen molar-refractivity contribution < 1.29 is 4.74 Å². The van der Waals surface area contributed by atoms with E-state index in [0.29, 0.717) is 13.2 Å². The summed E-state index contributed by atoms with van der Waals surface area (Å²) in [7, 11) is 0. The maximum Gasteiger partial charge on any atom is 0.129 e. The van der Waals surface area contributed by atoms with Crippen LogP contribution in [0.5, 0.6) is 5.75 Å². The Morgan fingerprint density at radius 3 is 2.94 bits per heavy atom. The Hall–Kier alpha value is -1.39. The van der Waals surface area contributed by atoms with Crippen LogP contribution in [0.2, 0.25) is 0 Å². The molecular weight excluding hydrogens is 244 g/mol. The summed E-state index contributed by atoms with van der Waals surface area (Å²) in [5.74, 6) is 0.903. The fourth-order valence-corrected chi connectivity index (χ4v) is 2.64. The van der Waals surface area contributed by atoms with Gasteiger partial charge in [0.2, 0.25) is 0 Å². The van der Waals surface area contributed by atoms with E-state index in [2.05, 4.69) is 16.4 Å². The normalized spacial score (nSPS) is 10.6. The van der Waals surface area contributed by atoms with Gasteiger partial charge < -0.3 is 10.5 Å². The minimum absolute atomic E-state index is 0.669. The average Bonchev–Trinajstić information content (AvgIpc) is 2.86. The molecule has 2 rings (SSSR count). The minimum Gasteiger partial charge on any atom is -0.493 e. The highest BCUT2D eigenvalue weighted by molar-refractivity contribution is 7.13. The number of ether oxygens (including phenoxy) is 1. The Kier molecular flexibility index (Phi) is 4.73. The second-order valence-electron chi connectivity index (χ2n) is 3.97. The fraction of sp³-hybridized carbons (Fsp3) is 0.357. The third kappa shape index (κ3) is 3.09. The van der Waals surface area contributed by atoms with Gasteiger partial charge in [0.1, 0.15) is 10.8 Å². The van der Waals surface area contributed by atoms with Crippen LogP contribution in [0.15, 0.2) is 29.6 Å². The van der Waals surface area contributed by atoms with Gasteiger partial charge in [-0.2, -0.15) is 0 Å². The van der Waals surface area contributed by atoms with Gasteiger partial charge in [-0.1, -0.05) is 12.1 Å². The standard InChI is InChI=1S/C14H18N2OS/c1-2-17-13-8-4-3-7-12(13)14-16-11(10-18-14)6-5-9-15/h3-4,7-8,10H,2,5-6,9,15H2,1H3. The fourth-order valence-electron chi connectivity index (χ4n) is 1.75. The lowest BCUT2D eigenvalue weighted by atomic mass is 10.2. The number of nitrogens with zero attached hydrogens (tertiary/aromatic N) is 1. The van der Waals surface area contributed by atoms with E-state index >= 15 is 0 Å². The molecule has 0 aliphatic carbocycles. The minimum atomic E-state index is 0.669. The summed E-state index contributed by atoms with van der Waals surface area (Å²) in [5.41, 5.74) is 7.70. The molecule has 0 spiro atoms. The van der Waals surface area contributed by atoms with E-state index in [-0.39, 0.29) is 0 Å². The summed E-state index contributed by atoms with van der Waals surface area (Å²) in [6, 6.07) is 8.03. The molecule has 0 fully saturated rings. The molecule has 2 aromatic rings. The smallest absolute Gasteiger partial charge is 0.129 e. The molecular formula is C14H18N2OS. The van der Waals surface area contributed by atoms with Crippen LogP contribution in [0.3, 0.4) is 0 Å². The van der Waals surface area contributed by atoms with Gasteiger partial charge in [0, 0.05) is 5.38 Å². The van der Waals surface area contributed by atoms with Crippen LogP contribution in [0.4, 0.5) is 0 Å². The SMILES string of the molecule is CCOc1ccccc1-c1nc(CCCN)cs1. The van der Waals surface area contributed by atoms with Crippen LogP contribution in [0.25, 0.3) is 10.6 Å². The molecule has 4 heteroatoms. The first-order valence-corrected chi connectivity index (χ1v) is 7.09. The van der Waals surface area contributed by atoms with Crippen molar-refractivity contribution in [3.8, 4) is 16.3 Å². The van der Waals surface area contributed by atoms with Crippen LogP contribution in [0.1, 0.15) is 19.0 Å². The number of aromatic nitrogens is 1. The molecule has 0 amide bonds. The van der Waals surface area contributed by atoms with Crippen molar-refractivity contribution in [3.63, 3.8) is 0 Å². The van der Waals surface area contributed by atoms with E-state index in [4.69, 9.17) is 10.5 Å². The van der Waals surface area contributed by atoms with Crippen molar-refractivity contribution in [1.82, 2.24) is 4.98 Å². The zero-order valence-electron chi connectivity index (χ0n) is 10.6. The summed E-state index contributed by atoms with van der Waals surface area (Å²) in [4.78, 5) is 4.64. The molecule has 0 radical (unpaired) electrons. The van der Waals surface area contributed by atoms with Crippen LogP contribution in [0, 0.1) is 0 Å². The number of para-hydroxylation sites is 1. The lowest BCUT2D eigenvalue weighted by Gasteiger charge is -2.07. The van der Waals surface area contributed by atoms with Gasteiger partial charge in [0.05, 0.1) is 17.9 Å². The molecule has 96 valence electrons. The van der Waals surface area contributed by atoms with E-state index in [1.165, 1.54) is 0 Å². The molecule has 0 aliphatic rings. The number of hydrogen-bond donors (Lipinski definition) is 1. The van der Waals surface area contributed by atoms with E-state index in [0.717, 1.165) is 34.9 Å². The Balaban J connectivity index is 2.22. The summed E-state index contributed by atoms with van der Waals surface area (Å²) in [5, 5.41) is 3.12. The van der Waals surface area contributed by atoms with Crippen molar-refractivity contribution in [3.05, 3.63) is 35.3 Å². The molecule has 0 bridgehead atoms. The molecule has 0 saturated heterocycles. The van der Waals surface area contributed by atoms with Gasteiger partial charge in [-0.3, -0.25) is 0 Å². The van der Waals surface area contributed by atoms with Crippen molar-refractivity contribution >= 4 is 11.3 Å². The molecule has 18 heavy (non-hydrogen) atoms. The van der Waals surface area contributed by atoms with E-state index < -0.39 is 0 Å². The van der Waals surface area contributed by atoms with Crippen LogP contribution >= 0.6 is 11.3 Å². The number of benzene rings is 1. The number of hydrogen-bond acceptors (Lipinski definition) is 4. The number of aryl methyl sites for hydroxylation is 1. The predicted octanol–water partition coefficient (Wildman–Crippen LogP) is 3.10. The summed E-state index contributed by atoms with van der Waals surface area (Å²) in [6.07, 6.45) is 1.93. The Bertz CT molecular complexity index is 496. The third-order valence-electron chi connectivity index (χ3n) is 2.61. The number of rotatable bonds is 6. The molecule has 0 saturated carbocycles. The largest absolute Gasteiger partial charge is 0.493 e. The lowest BCUT2D eigenvalue weighted by molar-refractivity contribution is 0.341. The van der Waals surface area contributed by atoms with Crippen molar-refractivity contribution in [1.29, 1.82) is 0 Å². The van der Waals surface area contributed by atoms with Crippen molar-refractivity contribution in [2.75, 3.05) is 13.2 Å². The average molecular weight is 262 g/mol. The lowest BCUT2D eigenvalue weighted by Crippen LogP contribution is -2.00. The molecule has 1 aromatic heterocycles. The van der Waals surface area contributed by atoms with Crippen LogP contribution in [-0.4, -0.2) is 18.1 Å². The summed E-state index contributed by atoms with van der Waals surface area (Å²) in [6.45, 7) is 3.37. The Labute approximate surface area is 112 Å². The number of nitrogens with two attached hydrogens (primary N) is 1. The third-order valence-corrected chi connectivity index (χ3v) is 3.53. The van der Waals surface area contributed by atoms with Gasteiger partial charge in [-0.25, -0.2) is 4.98 Å². The first-order chi connectivity index (χ1) is 8.85. The molecule has 3 nitrogen and oxygen atoms in total. The van der Waals surface area contributed by atoms with E-state index in [1.807, 2.05) is 25.1 Å².